The van der Waals surface area contributed by atoms with Gasteiger partial charge < -0.3 is 4.74 Å². The van der Waals surface area contributed by atoms with Gasteiger partial charge in [0.05, 0.1) is 18.7 Å². The predicted octanol–water partition coefficient (Wildman–Crippen LogP) is 5.42. The van der Waals surface area contributed by atoms with Gasteiger partial charge in [0, 0.05) is 7.11 Å². The van der Waals surface area contributed by atoms with E-state index in [1.54, 1.807) is 7.11 Å². The lowest BCUT2D eigenvalue weighted by molar-refractivity contribution is 0.164. The molecule has 0 saturated heterocycles. The zero-order valence-corrected chi connectivity index (χ0v) is 15.1. The van der Waals surface area contributed by atoms with Gasteiger partial charge in [-0.15, -0.1) is 0 Å². The minimum absolute atomic E-state index is 0.0942. The van der Waals surface area contributed by atoms with Gasteiger partial charge in [-0.25, -0.2) is 0 Å². The molecule has 0 saturated carbocycles. The Morgan fingerprint density at radius 3 is 1.88 bits per heavy atom. The number of methoxy groups -OCH3 is 1. The molecule has 0 fully saturated rings. The quantitative estimate of drug-likeness (QED) is 0.590. The van der Waals surface area contributed by atoms with Crippen molar-refractivity contribution in [2.24, 2.45) is 0 Å². The molecule has 3 aromatic rings. The van der Waals surface area contributed by atoms with Crippen molar-refractivity contribution in [2.45, 2.75) is 12.1 Å². The maximum absolute atomic E-state index is 5.47. The fourth-order valence-electron chi connectivity index (χ4n) is 3.00. The highest BCUT2D eigenvalue weighted by Crippen LogP contribution is 2.22. The van der Waals surface area contributed by atoms with Gasteiger partial charge in [-0.3, -0.25) is 5.32 Å². The molecule has 132 valence electrons. The van der Waals surface area contributed by atoms with Crippen molar-refractivity contribution in [3.8, 4) is 0 Å². The second-order valence-electron chi connectivity index (χ2n) is 6.24. The molecule has 0 amide bonds. The van der Waals surface area contributed by atoms with Crippen LogP contribution in [0.4, 0.5) is 0 Å². The average Bonchev–Trinajstić information content (AvgIpc) is 2.72. The van der Waals surface area contributed by atoms with Crippen molar-refractivity contribution in [3.63, 3.8) is 0 Å². The van der Waals surface area contributed by atoms with Gasteiger partial charge in [0.15, 0.2) is 0 Å². The third-order valence-corrected chi connectivity index (χ3v) is 4.36. The van der Waals surface area contributed by atoms with Crippen LogP contribution in [-0.4, -0.2) is 13.7 Å². The van der Waals surface area contributed by atoms with Crippen molar-refractivity contribution >= 4 is 6.08 Å². The van der Waals surface area contributed by atoms with Crippen LogP contribution in [0.1, 0.15) is 28.8 Å². The van der Waals surface area contributed by atoms with Crippen molar-refractivity contribution in [3.05, 3.63) is 114 Å². The van der Waals surface area contributed by atoms with E-state index in [2.05, 4.69) is 90.3 Å². The maximum Gasteiger partial charge on any atom is 0.0657 e. The molecule has 0 aliphatic heterocycles. The highest BCUT2D eigenvalue weighted by atomic mass is 16.5. The second kappa shape index (κ2) is 9.71. The monoisotopic (exact) mass is 343 g/mol. The zero-order valence-electron chi connectivity index (χ0n) is 15.1. The number of ether oxygens (including phenoxy) is 1. The van der Waals surface area contributed by atoms with Crippen LogP contribution in [-0.2, 0) is 4.74 Å². The lowest BCUT2D eigenvalue weighted by Crippen LogP contribution is -2.28. The van der Waals surface area contributed by atoms with Gasteiger partial charge in [-0.1, -0.05) is 103 Å². The summed E-state index contributed by atoms with van der Waals surface area (Å²) in [6, 6.07) is 31.6. The highest BCUT2D eigenvalue weighted by molar-refractivity contribution is 5.50. The summed E-state index contributed by atoms with van der Waals surface area (Å²) in [7, 11) is 1.74. The molecule has 0 heterocycles. The van der Waals surface area contributed by atoms with Crippen LogP contribution < -0.4 is 5.32 Å². The Morgan fingerprint density at radius 2 is 1.31 bits per heavy atom. The van der Waals surface area contributed by atoms with Crippen LogP contribution in [0.5, 0.6) is 0 Å². The average molecular weight is 343 g/mol. The van der Waals surface area contributed by atoms with E-state index in [4.69, 9.17) is 4.74 Å². The summed E-state index contributed by atoms with van der Waals surface area (Å²) < 4.78 is 5.47. The van der Waals surface area contributed by atoms with Gasteiger partial charge in [-0.2, -0.15) is 0 Å². The second-order valence-corrected chi connectivity index (χ2v) is 6.24. The van der Waals surface area contributed by atoms with E-state index >= 15 is 0 Å². The first-order chi connectivity index (χ1) is 12.9. The van der Waals surface area contributed by atoms with E-state index < -0.39 is 0 Å². The summed E-state index contributed by atoms with van der Waals surface area (Å²) in [6.45, 7) is 0.618. The summed E-state index contributed by atoms with van der Waals surface area (Å²) in [5.41, 5.74) is 3.65. The SMILES string of the molecule is COC[C@H](N[C@H](/C=C/c1ccccc1)c1ccccc1)c1ccccc1. The van der Waals surface area contributed by atoms with E-state index in [1.165, 1.54) is 16.7 Å². The molecule has 0 spiro atoms. The molecule has 2 atom stereocenters. The van der Waals surface area contributed by atoms with E-state index in [1.807, 2.05) is 18.2 Å². The molecule has 0 bridgehead atoms. The van der Waals surface area contributed by atoms with Crippen LogP contribution in [0.15, 0.2) is 97.1 Å². The number of nitrogens with one attached hydrogen (secondary N) is 1. The third kappa shape index (κ3) is 5.16. The van der Waals surface area contributed by atoms with Gasteiger partial charge in [0.2, 0.25) is 0 Å². The van der Waals surface area contributed by atoms with Gasteiger partial charge in [0.1, 0.15) is 0 Å². The standard InChI is InChI=1S/C24H25NO/c1-26-19-24(22-15-9-4-10-16-22)25-23(21-13-7-3-8-14-21)18-17-20-11-5-2-6-12-20/h2-18,23-25H,19H2,1H3/b18-17+/t23-,24+/m1/s1. The number of rotatable bonds is 8. The van der Waals surface area contributed by atoms with Crippen molar-refractivity contribution in [1.29, 1.82) is 0 Å². The smallest absolute Gasteiger partial charge is 0.0657 e. The van der Waals surface area contributed by atoms with E-state index in [-0.39, 0.29) is 12.1 Å². The zero-order chi connectivity index (χ0) is 18.0. The Hall–Kier alpha value is -2.68. The van der Waals surface area contributed by atoms with Crippen LogP contribution in [0.25, 0.3) is 6.08 Å². The predicted molar refractivity (Wildman–Crippen MR) is 109 cm³/mol. The summed E-state index contributed by atoms with van der Waals surface area (Å²) in [4.78, 5) is 0. The molecule has 26 heavy (non-hydrogen) atoms. The fraction of sp³-hybridized carbons (Fsp3) is 0.167. The number of benzene rings is 3. The molecular formula is C24H25NO. The fourth-order valence-corrected chi connectivity index (χ4v) is 3.00. The minimum Gasteiger partial charge on any atom is -0.383 e. The minimum atomic E-state index is 0.0942. The lowest BCUT2D eigenvalue weighted by Gasteiger charge is -2.24. The van der Waals surface area contributed by atoms with Gasteiger partial charge >= 0.3 is 0 Å². The van der Waals surface area contributed by atoms with Gasteiger partial charge in [0.25, 0.3) is 0 Å². The maximum atomic E-state index is 5.47. The molecule has 2 heteroatoms. The molecule has 3 rings (SSSR count). The van der Waals surface area contributed by atoms with Gasteiger partial charge in [-0.05, 0) is 16.7 Å². The Bertz CT molecular complexity index is 784. The Balaban J connectivity index is 1.86. The molecule has 0 aliphatic rings. The van der Waals surface area contributed by atoms with Crippen LogP contribution >= 0.6 is 0 Å². The van der Waals surface area contributed by atoms with E-state index in [0.717, 1.165) is 0 Å². The topological polar surface area (TPSA) is 21.3 Å². The van der Waals surface area contributed by atoms with E-state index in [0.29, 0.717) is 6.61 Å². The lowest BCUT2D eigenvalue weighted by atomic mass is 10.0. The first-order valence-corrected chi connectivity index (χ1v) is 8.95. The van der Waals surface area contributed by atoms with Crippen LogP contribution in [0, 0.1) is 0 Å². The third-order valence-electron chi connectivity index (χ3n) is 4.36. The summed E-state index contributed by atoms with van der Waals surface area (Å²) in [5, 5.41) is 3.75. The molecule has 0 unspecified atom stereocenters. The number of hydrogen-bond donors (Lipinski definition) is 1. The van der Waals surface area contributed by atoms with Crippen molar-refractivity contribution < 1.29 is 4.74 Å². The molecule has 0 radical (unpaired) electrons. The first kappa shape index (κ1) is 18.1. The summed E-state index contributed by atoms with van der Waals surface area (Å²) >= 11 is 0. The van der Waals surface area contributed by atoms with Crippen molar-refractivity contribution in [1.82, 2.24) is 5.32 Å². The molecule has 0 aliphatic carbocycles. The summed E-state index contributed by atoms with van der Waals surface area (Å²) in [5.74, 6) is 0. The molecule has 3 aromatic carbocycles. The first-order valence-electron chi connectivity index (χ1n) is 8.95. The molecule has 0 aromatic heterocycles. The van der Waals surface area contributed by atoms with E-state index in [9.17, 15) is 0 Å². The Morgan fingerprint density at radius 1 is 0.769 bits per heavy atom. The number of hydrogen-bond acceptors (Lipinski definition) is 2. The van der Waals surface area contributed by atoms with Crippen LogP contribution in [0.2, 0.25) is 0 Å². The molecule has 1 N–H and O–H groups in total. The Labute approximate surface area is 156 Å². The molecular weight excluding hydrogens is 318 g/mol. The van der Waals surface area contributed by atoms with Crippen LogP contribution in [0.3, 0.4) is 0 Å². The highest BCUT2D eigenvalue weighted by Gasteiger charge is 2.16. The van der Waals surface area contributed by atoms with Crippen molar-refractivity contribution in [2.75, 3.05) is 13.7 Å². The largest absolute Gasteiger partial charge is 0.383 e. The Kier molecular flexibility index (Phi) is 6.77. The molecule has 2 nitrogen and oxygen atoms in total. The normalized spacial score (nSPS) is 13.6. The summed E-state index contributed by atoms with van der Waals surface area (Å²) in [6.07, 6.45) is 4.38.